The number of hydrogen-bond donors (Lipinski definition) is 2. The number of halogens is 1. The molecule has 1 saturated heterocycles. The molecule has 0 aliphatic carbocycles. The standard InChI is InChI=1S/C20H20ClN5O3S/c21-16-11-22-10-14-4-3-5-17(20(14)16)30(28,29)26-9-7-15(13-26)25-19(27)12-24-18-6-1-2-8-23-18/h1-6,8,10-11,15H,7,9,12-13H2,(H,23,24)(H,25,27)/t15-/m1/s1. The highest BCUT2D eigenvalue weighted by Crippen LogP contribution is 2.32. The third-order valence-electron chi connectivity index (χ3n) is 4.93. The van der Waals surface area contributed by atoms with E-state index in [-0.39, 0.29) is 35.0 Å². The zero-order valence-electron chi connectivity index (χ0n) is 16.0. The van der Waals surface area contributed by atoms with Crippen LogP contribution in [0.4, 0.5) is 5.82 Å². The molecule has 3 aromatic rings. The van der Waals surface area contributed by atoms with Crippen molar-refractivity contribution in [3.05, 3.63) is 60.0 Å². The number of nitrogens with zero attached hydrogens (tertiary/aromatic N) is 3. The van der Waals surface area contributed by atoms with Crippen molar-refractivity contribution in [2.45, 2.75) is 17.4 Å². The van der Waals surface area contributed by atoms with Crippen LogP contribution in [0.5, 0.6) is 0 Å². The van der Waals surface area contributed by atoms with Crippen molar-refractivity contribution in [1.29, 1.82) is 0 Å². The Hall–Kier alpha value is -2.75. The second-order valence-electron chi connectivity index (χ2n) is 6.96. The fourth-order valence-electron chi connectivity index (χ4n) is 3.49. The maximum Gasteiger partial charge on any atom is 0.243 e. The van der Waals surface area contributed by atoms with E-state index in [0.29, 0.717) is 29.6 Å². The number of sulfonamides is 1. The first kappa shape index (κ1) is 20.5. The molecule has 0 bridgehead atoms. The quantitative estimate of drug-likeness (QED) is 0.603. The molecule has 0 radical (unpaired) electrons. The molecule has 0 saturated carbocycles. The van der Waals surface area contributed by atoms with Gasteiger partial charge in [0.15, 0.2) is 0 Å². The minimum atomic E-state index is -3.77. The van der Waals surface area contributed by atoms with E-state index in [1.807, 2.05) is 6.07 Å². The van der Waals surface area contributed by atoms with Crippen LogP contribution in [0.15, 0.2) is 59.9 Å². The number of aromatic nitrogens is 2. The number of nitrogens with one attached hydrogen (secondary N) is 2. The molecular formula is C20H20ClN5O3S. The summed E-state index contributed by atoms with van der Waals surface area (Å²) in [7, 11) is -3.77. The van der Waals surface area contributed by atoms with Gasteiger partial charge in [-0.25, -0.2) is 13.4 Å². The minimum Gasteiger partial charge on any atom is -0.361 e. The maximum atomic E-state index is 13.3. The number of pyridine rings is 2. The molecule has 1 aromatic carbocycles. The summed E-state index contributed by atoms with van der Waals surface area (Å²) in [6.07, 6.45) is 5.19. The van der Waals surface area contributed by atoms with Gasteiger partial charge in [-0.3, -0.25) is 9.78 Å². The van der Waals surface area contributed by atoms with Gasteiger partial charge in [-0.1, -0.05) is 29.8 Å². The van der Waals surface area contributed by atoms with Crippen LogP contribution in [0.1, 0.15) is 6.42 Å². The topological polar surface area (TPSA) is 104 Å². The van der Waals surface area contributed by atoms with Crippen LogP contribution < -0.4 is 10.6 Å². The largest absolute Gasteiger partial charge is 0.361 e. The minimum absolute atomic E-state index is 0.0617. The zero-order valence-corrected chi connectivity index (χ0v) is 17.5. The van der Waals surface area contributed by atoms with E-state index < -0.39 is 10.0 Å². The molecule has 1 atom stereocenters. The Labute approximate surface area is 179 Å². The van der Waals surface area contributed by atoms with Gasteiger partial charge >= 0.3 is 0 Å². The number of anilines is 1. The summed E-state index contributed by atoms with van der Waals surface area (Å²) in [6, 6.07) is 10.1. The van der Waals surface area contributed by atoms with Crippen molar-refractivity contribution in [2.75, 3.05) is 25.0 Å². The molecule has 8 nitrogen and oxygen atoms in total. The van der Waals surface area contributed by atoms with Gasteiger partial charge in [-0.15, -0.1) is 0 Å². The van der Waals surface area contributed by atoms with Gasteiger partial charge in [0.25, 0.3) is 0 Å². The third-order valence-corrected chi connectivity index (χ3v) is 7.12. The number of carbonyl (C=O) groups excluding carboxylic acids is 1. The number of benzene rings is 1. The molecule has 2 aromatic heterocycles. The molecule has 156 valence electrons. The summed E-state index contributed by atoms with van der Waals surface area (Å²) >= 11 is 6.24. The summed E-state index contributed by atoms with van der Waals surface area (Å²) in [5, 5.41) is 7.22. The zero-order chi connectivity index (χ0) is 21.1. The predicted molar refractivity (Wildman–Crippen MR) is 115 cm³/mol. The van der Waals surface area contributed by atoms with Crippen molar-refractivity contribution < 1.29 is 13.2 Å². The van der Waals surface area contributed by atoms with Gasteiger partial charge in [0, 0.05) is 48.5 Å². The van der Waals surface area contributed by atoms with Gasteiger partial charge in [0.2, 0.25) is 15.9 Å². The lowest BCUT2D eigenvalue weighted by Gasteiger charge is -2.19. The number of rotatable bonds is 6. The highest BCUT2D eigenvalue weighted by Gasteiger charge is 2.34. The summed E-state index contributed by atoms with van der Waals surface area (Å²) in [5.41, 5.74) is 0. The van der Waals surface area contributed by atoms with Gasteiger partial charge in [-0.05, 0) is 24.6 Å². The molecular weight excluding hydrogens is 426 g/mol. The lowest BCUT2D eigenvalue weighted by molar-refractivity contribution is -0.120. The molecule has 4 rings (SSSR count). The number of hydrogen-bond acceptors (Lipinski definition) is 6. The maximum absolute atomic E-state index is 13.3. The molecule has 1 aliphatic rings. The van der Waals surface area contributed by atoms with Crippen molar-refractivity contribution >= 4 is 44.1 Å². The number of carbonyl (C=O) groups is 1. The molecule has 2 N–H and O–H groups in total. The Morgan fingerprint density at radius 3 is 2.87 bits per heavy atom. The first-order chi connectivity index (χ1) is 14.4. The fourth-order valence-corrected chi connectivity index (χ4v) is 5.55. The van der Waals surface area contributed by atoms with E-state index in [4.69, 9.17) is 11.6 Å². The highest BCUT2D eigenvalue weighted by molar-refractivity contribution is 7.89. The molecule has 1 fully saturated rings. The summed E-state index contributed by atoms with van der Waals surface area (Å²) in [5.74, 6) is 0.384. The van der Waals surface area contributed by atoms with Crippen molar-refractivity contribution in [2.24, 2.45) is 0 Å². The van der Waals surface area contributed by atoms with E-state index >= 15 is 0 Å². The normalized spacial score (nSPS) is 17.2. The molecule has 1 amide bonds. The van der Waals surface area contributed by atoms with E-state index in [9.17, 15) is 13.2 Å². The highest BCUT2D eigenvalue weighted by atomic mass is 35.5. The average molecular weight is 446 g/mol. The lowest BCUT2D eigenvalue weighted by atomic mass is 10.2. The Morgan fingerprint density at radius 1 is 1.20 bits per heavy atom. The average Bonchev–Trinajstić information content (AvgIpc) is 3.22. The smallest absolute Gasteiger partial charge is 0.243 e. The van der Waals surface area contributed by atoms with Crippen LogP contribution in [0.25, 0.3) is 10.8 Å². The lowest BCUT2D eigenvalue weighted by Crippen LogP contribution is -2.41. The Kier molecular flexibility index (Phi) is 5.85. The Bertz CT molecular complexity index is 1170. The summed E-state index contributed by atoms with van der Waals surface area (Å²) in [6.45, 7) is 0.586. The van der Waals surface area contributed by atoms with Gasteiger partial charge < -0.3 is 10.6 Å². The van der Waals surface area contributed by atoms with E-state index in [1.54, 1.807) is 42.7 Å². The molecule has 0 unspecified atom stereocenters. The van der Waals surface area contributed by atoms with Gasteiger partial charge in [0.05, 0.1) is 16.5 Å². The molecule has 30 heavy (non-hydrogen) atoms. The summed E-state index contributed by atoms with van der Waals surface area (Å²) < 4.78 is 27.9. The number of amides is 1. The van der Waals surface area contributed by atoms with Crippen LogP contribution in [-0.2, 0) is 14.8 Å². The summed E-state index contributed by atoms with van der Waals surface area (Å²) in [4.78, 5) is 20.5. The van der Waals surface area contributed by atoms with Gasteiger partial charge in [-0.2, -0.15) is 4.31 Å². The van der Waals surface area contributed by atoms with Gasteiger partial charge in [0.1, 0.15) is 5.82 Å². The SMILES string of the molecule is O=C(CNc1ccccn1)N[C@@H]1CCN(S(=O)(=O)c2cccc3cncc(Cl)c23)C1. The van der Waals surface area contributed by atoms with Crippen LogP contribution in [-0.4, -0.2) is 54.3 Å². The van der Waals surface area contributed by atoms with E-state index in [0.717, 1.165) is 0 Å². The molecule has 1 aliphatic heterocycles. The van der Waals surface area contributed by atoms with Crippen LogP contribution in [0.2, 0.25) is 5.02 Å². The first-order valence-electron chi connectivity index (χ1n) is 9.42. The van der Waals surface area contributed by atoms with E-state index in [1.165, 1.54) is 10.5 Å². The predicted octanol–water partition coefficient (Wildman–Crippen LogP) is 2.27. The van der Waals surface area contributed by atoms with Crippen LogP contribution >= 0.6 is 11.6 Å². The van der Waals surface area contributed by atoms with Crippen molar-refractivity contribution in [3.8, 4) is 0 Å². The van der Waals surface area contributed by atoms with Crippen LogP contribution in [0.3, 0.4) is 0 Å². The van der Waals surface area contributed by atoms with Crippen molar-refractivity contribution in [1.82, 2.24) is 19.6 Å². The number of fused-ring (bicyclic) bond motifs is 1. The first-order valence-corrected chi connectivity index (χ1v) is 11.2. The Balaban J connectivity index is 1.43. The fraction of sp³-hybridized carbons (Fsp3) is 0.250. The molecule has 10 heteroatoms. The molecule has 3 heterocycles. The van der Waals surface area contributed by atoms with Crippen molar-refractivity contribution in [3.63, 3.8) is 0 Å². The monoisotopic (exact) mass is 445 g/mol. The Morgan fingerprint density at radius 2 is 2.07 bits per heavy atom. The second kappa shape index (κ2) is 8.55. The van der Waals surface area contributed by atoms with Crippen LogP contribution in [0, 0.1) is 0 Å². The molecule has 0 spiro atoms. The third kappa shape index (κ3) is 4.23. The second-order valence-corrected chi connectivity index (χ2v) is 9.27. The van der Waals surface area contributed by atoms with E-state index in [2.05, 4.69) is 20.6 Å².